The Hall–Kier alpha value is -1.59. The van der Waals surface area contributed by atoms with Crippen LogP contribution in [-0.2, 0) is 13.5 Å². The fraction of sp³-hybridized carbons (Fsp3) is 0.500. The average Bonchev–Trinajstić information content (AvgIpc) is 2.69. The Morgan fingerprint density at radius 1 is 1.37 bits per heavy atom. The van der Waals surface area contributed by atoms with E-state index < -0.39 is 0 Å². The number of hydrogen-bond donors (Lipinski definition) is 1. The molecule has 19 heavy (non-hydrogen) atoms. The Balaban J connectivity index is 2.03. The Bertz CT molecular complexity index is 600. The van der Waals surface area contributed by atoms with Crippen LogP contribution in [0.3, 0.4) is 0 Å². The average molecular weight is 263 g/mol. The lowest BCUT2D eigenvalue weighted by atomic mass is 10.1. The molecule has 0 unspecified atom stereocenters. The minimum atomic E-state index is -0.313. The summed E-state index contributed by atoms with van der Waals surface area (Å²) in [5.74, 6) is -0.313. The molecule has 1 aromatic carbocycles. The van der Waals surface area contributed by atoms with Crippen molar-refractivity contribution >= 4 is 11.1 Å². The number of rotatable bonds is 6. The van der Waals surface area contributed by atoms with Gasteiger partial charge in [-0.15, -0.1) is 0 Å². The van der Waals surface area contributed by atoms with Gasteiger partial charge in [-0.2, -0.15) is 0 Å². The Kier molecular flexibility index (Phi) is 4.39. The van der Waals surface area contributed by atoms with Gasteiger partial charge in [0.05, 0.1) is 5.52 Å². The second-order valence-electron chi connectivity index (χ2n) is 4.92. The highest BCUT2D eigenvalue weighted by molar-refractivity contribution is 5.73. The van der Waals surface area contributed by atoms with Crippen molar-refractivity contribution in [3.05, 3.63) is 34.3 Å². The van der Waals surface area contributed by atoms with Crippen LogP contribution < -0.4 is 11.5 Å². The van der Waals surface area contributed by atoms with Crippen LogP contribution in [-0.4, -0.2) is 36.1 Å². The van der Waals surface area contributed by atoms with Crippen molar-refractivity contribution < 1.29 is 4.42 Å². The van der Waals surface area contributed by atoms with E-state index in [1.165, 1.54) is 10.1 Å². The zero-order valence-corrected chi connectivity index (χ0v) is 11.6. The van der Waals surface area contributed by atoms with Gasteiger partial charge in [0.2, 0.25) is 0 Å². The predicted octanol–water partition coefficient (Wildman–Crippen LogP) is 0.955. The lowest BCUT2D eigenvalue weighted by Crippen LogP contribution is -2.24. The SMILES string of the molecule is CN(CCCN)CCc1ccc2c(c1)oc(=O)n2C. The minimum Gasteiger partial charge on any atom is -0.408 e. The van der Waals surface area contributed by atoms with Gasteiger partial charge >= 0.3 is 5.76 Å². The van der Waals surface area contributed by atoms with Gasteiger partial charge in [0.15, 0.2) is 5.58 Å². The van der Waals surface area contributed by atoms with E-state index in [9.17, 15) is 4.79 Å². The van der Waals surface area contributed by atoms with Crippen molar-refractivity contribution in [1.82, 2.24) is 9.47 Å². The molecule has 0 aliphatic rings. The van der Waals surface area contributed by atoms with Gasteiger partial charge in [0.25, 0.3) is 0 Å². The Morgan fingerprint density at radius 2 is 2.16 bits per heavy atom. The van der Waals surface area contributed by atoms with E-state index >= 15 is 0 Å². The molecule has 5 heteroatoms. The van der Waals surface area contributed by atoms with Crippen molar-refractivity contribution in [3.63, 3.8) is 0 Å². The van der Waals surface area contributed by atoms with Gasteiger partial charge in [-0.25, -0.2) is 4.79 Å². The van der Waals surface area contributed by atoms with E-state index in [-0.39, 0.29) is 5.76 Å². The van der Waals surface area contributed by atoms with Crippen LogP contribution in [0.5, 0.6) is 0 Å². The van der Waals surface area contributed by atoms with Crippen LogP contribution >= 0.6 is 0 Å². The van der Waals surface area contributed by atoms with Crippen molar-refractivity contribution in [2.75, 3.05) is 26.7 Å². The normalized spacial score (nSPS) is 11.6. The molecule has 0 amide bonds. The molecule has 2 rings (SSSR count). The predicted molar refractivity (Wildman–Crippen MR) is 76.3 cm³/mol. The summed E-state index contributed by atoms with van der Waals surface area (Å²) in [4.78, 5) is 13.7. The first kappa shape index (κ1) is 13.8. The molecule has 0 bridgehead atoms. The molecule has 0 aliphatic heterocycles. The molecule has 2 aromatic rings. The molecule has 2 N–H and O–H groups in total. The second kappa shape index (κ2) is 6.04. The van der Waals surface area contributed by atoms with E-state index in [1.54, 1.807) is 7.05 Å². The summed E-state index contributed by atoms with van der Waals surface area (Å²) in [5.41, 5.74) is 8.17. The van der Waals surface area contributed by atoms with Crippen LogP contribution in [0, 0.1) is 0 Å². The summed E-state index contributed by atoms with van der Waals surface area (Å²) < 4.78 is 6.71. The Morgan fingerprint density at radius 3 is 2.89 bits per heavy atom. The monoisotopic (exact) mass is 263 g/mol. The summed E-state index contributed by atoms with van der Waals surface area (Å²) in [7, 11) is 3.81. The van der Waals surface area contributed by atoms with E-state index in [0.29, 0.717) is 5.58 Å². The number of benzene rings is 1. The van der Waals surface area contributed by atoms with Crippen LogP contribution in [0.25, 0.3) is 11.1 Å². The maximum atomic E-state index is 11.4. The molecule has 0 atom stereocenters. The van der Waals surface area contributed by atoms with Crippen LogP contribution in [0.1, 0.15) is 12.0 Å². The van der Waals surface area contributed by atoms with Crippen molar-refractivity contribution in [3.8, 4) is 0 Å². The fourth-order valence-electron chi connectivity index (χ4n) is 2.13. The van der Waals surface area contributed by atoms with Gasteiger partial charge in [-0.3, -0.25) is 4.57 Å². The molecule has 0 aliphatic carbocycles. The van der Waals surface area contributed by atoms with E-state index in [0.717, 1.165) is 38.0 Å². The van der Waals surface area contributed by atoms with Gasteiger partial charge in [0, 0.05) is 13.6 Å². The summed E-state index contributed by atoms with van der Waals surface area (Å²) in [5, 5.41) is 0. The van der Waals surface area contributed by atoms with Crippen molar-refractivity contribution in [2.24, 2.45) is 12.8 Å². The molecule has 0 fully saturated rings. The van der Waals surface area contributed by atoms with Crippen LogP contribution in [0.4, 0.5) is 0 Å². The third-order valence-corrected chi connectivity index (χ3v) is 3.38. The molecule has 0 radical (unpaired) electrons. The Labute approximate surface area is 112 Å². The number of nitrogens with two attached hydrogens (primary N) is 1. The molecule has 5 nitrogen and oxygen atoms in total. The van der Waals surface area contributed by atoms with E-state index in [4.69, 9.17) is 10.2 Å². The smallest absolute Gasteiger partial charge is 0.408 e. The first-order valence-corrected chi connectivity index (χ1v) is 6.59. The van der Waals surface area contributed by atoms with Gasteiger partial charge in [-0.1, -0.05) is 6.07 Å². The second-order valence-corrected chi connectivity index (χ2v) is 4.92. The molecular formula is C14H21N3O2. The summed E-state index contributed by atoms with van der Waals surface area (Å²) in [6.45, 7) is 2.72. The first-order chi connectivity index (χ1) is 9.11. The van der Waals surface area contributed by atoms with E-state index in [2.05, 4.69) is 11.9 Å². The molecule has 1 aromatic heterocycles. The minimum absolute atomic E-state index is 0.313. The summed E-state index contributed by atoms with van der Waals surface area (Å²) >= 11 is 0. The van der Waals surface area contributed by atoms with Crippen LogP contribution in [0.2, 0.25) is 0 Å². The largest absolute Gasteiger partial charge is 0.419 e. The molecule has 104 valence electrons. The van der Waals surface area contributed by atoms with Gasteiger partial charge < -0.3 is 15.1 Å². The topological polar surface area (TPSA) is 64.4 Å². The van der Waals surface area contributed by atoms with E-state index in [1.807, 2.05) is 18.2 Å². The molecule has 0 saturated carbocycles. The third kappa shape index (κ3) is 3.24. The molecule has 0 spiro atoms. The maximum absolute atomic E-state index is 11.4. The van der Waals surface area contributed by atoms with Crippen molar-refractivity contribution in [1.29, 1.82) is 0 Å². The zero-order chi connectivity index (χ0) is 13.8. The number of fused-ring (bicyclic) bond motifs is 1. The fourth-order valence-corrected chi connectivity index (χ4v) is 2.13. The number of aromatic nitrogens is 1. The van der Waals surface area contributed by atoms with Gasteiger partial charge in [-0.05, 0) is 50.7 Å². The highest BCUT2D eigenvalue weighted by atomic mass is 16.4. The summed E-state index contributed by atoms with van der Waals surface area (Å²) in [6, 6.07) is 5.94. The molecular weight excluding hydrogens is 242 g/mol. The van der Waals surface area contributed by atoms with Crippen LogP contribution in [0.15, 0.2) is 27.4 Å². The third-order valence-electron chi connectivity index (χ3n) is 3.38. The highest BCUT2D eigenvalue weighted by Gasteiger charge is 2.06. The zero-order valence-electron chi connectivity index (χ0n) is 11.6. The number of aryl methyl sites for hydroxylation is 1. The quantitative estimate of drug-likeness (QED) is 0.843. The lowest BCUT2D eigenvalue weighted by molar-refractivity contribution is 0.335. The molecule has 1 heterocycles. The lowest BCUT2D eigenvalue weighted by Gasteiger charge is -2.15. The first-order valence-electron chi connectivity index (χ1n) is 6.59. The maximum Gasteiger partial charge on any atom is 0.419 e. The number of nitrogens with zero attached hydrogens (tertiary/aromatic N) is 2. The molecule has 0 saturated heterocycles. The number of oxazole rings is 1. The highest BCUT2D eigenvalue weighted by Crippen LogP contribution is 2.14. The number of likely N-dealkylation sites (N-methyl/N-ethyl adjacent to an activating group) is 1. The number of hydrogen-bond acceptors (Lipinski definition) is 4. The standard InChI is InChI=1S/C14H21N3O2/c1-16(8-3-7-15)9-6-11-4-5-12-13(10-11)19-14(18)17(12)2/h4-5,10H,3,6-9,15H2,1-2H3. The van der Waals surface area contributed by atoms with Crippen molar-refractivity contribution in [2.45, 2.75) is 12.8 Å². The summed E-state index contributed by atoms with van der Waals surface area (Å²) in [6.07, 6.45) is 1.96. The van der Waals surface area contributed by atoms with Gasteiger partial charge in [0.1, 0.15) is 0 Å².